The van der Waals surface area contributed by atoms with E-state index in [2.05, 4.69) is 17.2 Å². The van der Waals surface area contributed by atoms with Crippen LogP contribution in [0.3, 0.4) is 0 Å². The molecule has 1 aliphatic carbocycles. The molecule has 5 rings (SSSR count). The molecule has 0 spiro atoms. The second-order valence-electron chi connectivity index (χ2n) is 9.56. The van der Waals surface area contributed by atoms with Gasteiger partial charge in [0.1, 0.15) is 29.5 Å². The van der Waals surface area contributed by atoms with E-state index in [-0.39, 0.29) is 24.0 Å². The first-order valence-corrected chi connectivity index (χ1v) is 12.2. The molecule has 2 heterocycles. The zero-order valence-electron chi connectivity index (χ0n) is 19.5. The highest BCUT2D eigenvalue weighted by molar-refractivity contribution is 6.01. The monoisotopic (exact) mass is 481 g/mol. The van der Waals surface area contributed by atoms with Crippen molar-refractivity contribution in [2.24, 2.45) is 0 Å². The Morgan fingerprint density at radius 3 is 2.71 bits per heavy atom. The van der Waals surface area contributed by atoms with Gasteiger partial charge in [0.2, 0.25) is 5.91 Å². The molecule has 2 aromatic carbocycles. The van der Waals surface area contributed by atoms with Crippen LogP contribution in [0.5, 0.6) is 5.75 Å². The molecule has 1 saturated carbocycles. The predicted molar refractivity (Wildman–Crippen MR) is 126 cm³/mol. The molecule has 2 N–H and O–H groups in total. The van der Waals surface area contributed by atoms with E-state index in [9.17, 15) is 18.4 Å². The summed E-state index contributed by atoms with van der Waals surface area (Å²) in [7, 11) is 0. The van der Waals surface area contributed by atoms with Crippen molar-refractivity contribution in [3.63, 3.8) is 0 Å². The average Bonchev–Trinajstić information content (AvgIpc) is 3.15. The van der Waals surface area contributed by atoms with E-state index >= 15 is 0 Å². The van der Waals surface area contributed by atoms with Gasteiger partial charge in [-0.25, -0.2) is 8.78 Å². The van der Waals surface area contributed by atoms with Gasteiger partial charge in [-0.1, -0.05) is 19.1 Å². The summed E-state index contributed by atoms with van der Waals surface area (Å²) >= 11 is 0. The molecule has 1 saturated heterocycles. The second kappa shape index (κ2) is 9.77. The van der Waals surface area contributed by atoms with Gasteiger partial charge in [-0.15, -0.1) is 0 Å². The Morgan fingerprint density at radius 2 is 1.91 bits per heavy atom. The molecule has 3 atom stereocenters. The molecule has 184 valence electrons. The molecule has 1 unspecified atom stereocenters. The molecular weight excluding hydrogens is 452 g/mol. The minimum atomic E-state index is -0.589. The number of fused-ring (bicyclic) bond motifs is 1. The summed E-state index contributed by atoms with van der Waals surface area (Å²) in [5, 5.41) is 6.14. The number of halogens is 2. The second-order valence-corrected chi connectivity index (χ2v) is 9.56. The summed E-state index contributed by atoms with van der Waals surface area (Å²) in [5.74, 6) is -0.806. The van der Waals surface area contributed by atoms with Gasteiger partial charge in [-0.3, -0.25) is 9.59 Å². The van der Waals surface area contributed by atoms with Gasteiger partial charge < -0.3 is 20.3 Å². The summed E-state index contributed by atoms with van der Waals surface area (Å²) in [6, 6.07) is 8.61. The van der Waals surface area contributed by atoms with Gasteiger partial charge in [0, 0.05) is 42.0 Å². The number of ether oxygens (including phenoxy) is 1. The Kier molecular flexibility index (Phi) is 6.56. The molecule has 0 bridgehead atoms. The van der Waals surface area contributed by atoms with Crippen molar-refractivity contribution in [3.8, 4) is 5.75 Å². The van der Waals surface area contributed by atoms with Crippen molar-refractivity contribution >= 4 is 11.8 Å². The van der Waals surface area contributed by atoms with Crippen LogP contribution < -0.4 is 15.4 Å². The van der Waals surface area contributed by atoms with Crippen LogP contribution in [-0.2, 0) is 17.9 Å². The highest BCUT2D eigenvalue weighted by Crippen LogP contribution is 2.32. The zero-order valence-corrected chi connectivity index (χ0v) is 19.5. The summed E-state index contributed by atoms with van der Waals surface area (Å²) in [4.78, 5) is 27.0. The van der Waals surface area contributed by atoms with E-state index in [0.717, 1.165) is 37.3 Å². The topological polar surface area (TPSA) is 70.7 Å². The molecule has 2 amide bonds. The lowest BCUT2D eigenvalue weighted by molar-refractivity contribution is -0.126. The number of nitrogens with one attached hydrogen (secondary N) is 2. The van der Waals surface area contributed by atoms with Gasteiger partial charge in [0.25, 0.3) is 5.91 Å². The lowest BCUT2D eigenvalue weighted by atomic mass is 9.92. The number of amides is 2. The van der Waals surface area contributed by atoms with Crippen molar-refractivity contribution in [3.05, 3.63) is 77.0 Å². The number of carbonyl (C=O) groups is 2. The minimum absolute atomic E-state index is 0.0265. The fraction of sp³-hybridized carbons (Fsp3) is 0.407. The maximum atomic E-state index is 14.0. The normalized spacial score (nSPS) is 24.3. The van der Waals surface area contributed by atoms with Crippen LogP contribution in [0.15, 0.2) is 48.7 Å². The minimum Gasteiger partial charge on any atom is -0.489 e. The van der Waals surface area contributed by atoms with E-state index in [1.54, 1.807) is 17.0 Å². The first-order chi connectivity index (χ1) is 16.9. The lowest BCUT2D eigenvalue weighted by Gasteiger charge is -2.33. The first kappa shape index (κ1) is 23.5. The van der Waals surface area contributed by atoms with Crippen molar-refractivity contribution in [2.45, 2.75) is 69.8 Å². The first-order valence-electron chi connectivity index (χ1n) is 12.2. The molecule has 2 fully saturated rings. The molecule has 2 aromatic rings. The molecule has 2 aliphatic heterocycles. The average molecular weight is 482 g/mol. The predicted octanol–water partition coefficient (Wildman–Crippen LogP) is 4.19. The smallest absolute Gasteiger partial charge is 0.255 e. The van der Waals surface area contributed by atoms with Crippen LogP contribution in [-0.4, -0.2) is 34.9 Å². The van der Waals surface area contributed by atoms with Gasteiger partial charge >= 0.3 is 0 Å². The molecule has 8 heteroatoms. The largest absolute Gasteiger partial charge is 0.489 e. The van der Waals surface area contributed by atoms with E-state index < -0.39 is 17.7 Å². The van der Waals surface area contributed by atoms with E-state index in [4.69, 9.17) is 4.74 Å². The van der Waals surface area contributed by atoms with Crippen LogP contribution in [0, 0.1) is 11.6 Å². The number of benzene rings is 2. The third kappa shape index (κ3) is 4.93. The third-order valence-electron chi connectivity index (χ3n) is 7.17. The Bertz CT molecular complexity index is 1170. The van der Waals surface area contributed by atoms with Gasteiger partial charge in [0.05, 0.1) is 0 Å². The Balaban J connectivity index is 1.25. The summed E-state index contributed by atoms with van der Waals surface area (Å²) in [6.07, 6.45) is 4.96. The zero-order chi connectivity index (χ0) is 24.5. The summed E-state index contributed by atoms with van der Waals surface area (Å²) < 4.78 is 33.6. The molecule has 3 aliphatic rings. The summed E-state index contributed by atoms with van der Waals surface area (Å²) in [6.45, 7) is 4.46. The van der Waals surface area contributed by atoms with Gasteiger partial charge in [-0.2, -0.15) is 0 Å². The number of hydrogen-bond donors (Lipinski definition) is 2. The number of allylic oxidation sites excluding steroid dienone is 1. The number of rotatable bonds is 6. The van der Waals surface area contributed by atoms with Crippen LogP contribution in [0.25, 0.3) is 0 Å². The van der Waals surface area contributed by atoms with Crippen LogP contribution in [0.1, 0.15) is 60.0 Å². The maximum Gasteiger partial charge on any atom is 0.255 e. The van der Waals surface area contributed by atoms with E-state index in [1.807, 2.05) is 6.07 Å². The maximum absolute atomic E-state index is 14.0. The van der Waals surface area contributed by atoms with Crippen molar-refractivity contribution in [1.29, 1.82) is 0 Å². The number of hydrogen-bond acceptors (Lipinski definition) is 4. The third-order valence-corrected chi connectivity index (χ3v) is 7.17. The molecule has 6 nitrogen and oxygen atoms in total. The molecular formula is C27H29F2N3O3. The molecule has 0 aromatic heterocycles. The number of nitrogens with zero attached hydrogens (tertiary/aromatic N) is 1. The highest BCUT2D eigenvalue weighted by atomic mass is 19.1. The standard InChI is InChI=1S/C27H29F2N3O3/c1-16-6-11-24(26(33)31-16)32-15-18-12-20(9-10-21(18)27(32)34)35-25-5-3-2-4-23(25)30-14-17-7-8-19(28)13-22(17)29/h7-10,12-13,23-25,30H,1-6,11,14-15H2,(H,31,33)/t23-,24?,25+/m1/s1. The fourth-order valence-electron chi connectivity index (χ4n) is 5.26. The summed E-state index contributed by atoms with van der Waals surface area (Å²) in [5.41, 5.74) is 2.55. The quantitative estimate of drug-likeness (QED) is 0.649. The number of piperidine rings is 1. The highest BCUT2D eigenvalue weighted by Gasteiger charge is 2.38. The SMILES string of the molecule is C=C1CCC(N2Cc3cc(O[C@H]4CCCC[C@H]4NCc4ccc(F)cc4F)ccc3C2=O)C(=O)N1. The number of carbonyl (C=O) groups excluding carboxylic acids is 2. The van der Waals surface area contributed by atoms with E-state index in [0.29, 0.717) is 48.5 Å². The van der Waals surface area contributed by atoms with Crippen molar-refractivity contribution < 1.29 is 23.1 Å². The Morgan fingerprint density at radius 1 is 1.09 bits per heavy atom. The molecule has 0 radical (unpaired) electrons. The van der Waals surface area contributed by atoms with Gasteiger partial charge in [-0.05, 0) is 61.9 Å². The Hall–Kier alpha value is -3.26. The van der Waals surface area contributed by atoms with Crippen LogP contribution >= 0.6 is 0 Å². The lowest BCUT2D eigenvalue weighted by Crippen LogP contribution is -2.49. The van der Waals surface area contributed by atoms with E-state index in [1.165, 1.54) is 12.1 Å². The van der Waals surface area contributed by atoms with Crippen LogP contribution in [0.4, 0.5) is 8.78 Å². The van der Waals surface area contributed by atoms with Crippen LogP contribution in [0.2, 0.25) is 0 Å². The van der Waals surface area contributed by atoms with Crippen molar-refractivity contribution in [1.82, 2.24) is 15.5 Å². The molecule has 35 heavy (non-hydrogen) atoms. The fourth-order valence-corrected chi connectivity index (χ4v) is 5.26. The Labute approximate surface area is 203 Å². The van der Waals surface area contributed by atoms with Crippen molar-refractivity contribution in [2.75, 3.05) is 0 Å². The van der Waals surface area contributed by atoms with Gasteiger partial charge in [0.15, 0.2) is 0 Å².